The van der Waals surface area contributed by atoms with E-state index in [0.29, 0.717) is 0 Å². The average Bonchev–Trinajstić information content (AvgIpc) is 2.67. The molecule has 0 unspecified atom stereocenters. The highest BCUT2D eigenvalue weighted by Gasteiger charge is 2.31. The summed E-state index contributed by atoms with van der Waals surface area (Å²) in [5.41, 5.74) is 0.185. The Bertz CT molecular complexity index is 619. The molecule has 0 bridgehead atoms. The lowest BCUT2D eigenvalue weighted by Gasteiger charge is -2.14. The maximum absolute atomic E-state index is 13.2. The van der Waals surface area contributed by atoms with Crippen molar-refractivity contribution in [2.24, 2.45) is 0 Å². The number of carbonyl (C=O) groups excluding carboxylic acids is 2. The van der Waals surface area contributed by atoms with Crippen molar-refractivity contribution < 1.29 is 19.1 Å². The molecule has 2 N–H and O–H groups in total. The van der Waals surface area contributed by atoms with E-state index in [0.717, 1.165) is 17.0 Å². The van der Waals surface area contributed by atoms with Crippen LogP contribution in [0, 0.1) is 5.82 Å². The van der Waals surface area contributed by atoms with Crippen LogP contribution in [0.25, 0.3) is 0 Å². The highest BCUT2D eigenvalue weighted by molar-refractivity contribution is 6.43. The quantitative estimate of drug-likeness (QED) is 0.656. The maximum Gasteiger partial charge on any atom is 0.277 e. The lowest BCUT2D eigenvalue weighted by Crippen LogP contribution is -2.34. The summed E-state index contributed by atoms with van der Waals surface area (Å²) < 4.78 is 13.2. The zero-order chi connectivity index (χ0) is 14.9. The van der Waals surface area contributed by atoms with Crippen LogP contribution in [0.15, 0.2) is 23.9 Å². The van der Waals surface area contributed by atoms with Crippen LogP contribution in [0.5, 0.6) is 0 Å². The number of β-amino-alcohol motifs (C(OH)–C–C–N with tert-alkyl or cyclic N) is 1. The van der Waals surface area contributed by atoms with Crippen LogP contribution in [-0.2, 0) is 9.59 Å². The molecule has 2 amide bonds. The number of aliphatic hydroxyl groups is 1. The first kappa shape index (κ1) is 14.8. The van der Waals surface area contributed by atoms with Crippen LogP contribution in [0.1, 0.15) is 0 Å². The number of hydrogen-bond donors (Lipinski definition) is 2. The molecule has 20 heavy (non-hydrogen) atoms. The summed E-state index contributed by atoms with van der Waals surface area (Å²) in [7, 11) is 0. The van der Waals surface area contributed by atoms with E-state index in [9.17, 15) is 14.0 Å². The fourth-order valence-corrected chi connectivity index (χ4v) is 2.04. The predicted octanol–water partition coefficient (Wildman–Crippen LogP) is 1.79. The number of halogens is 3. The van der Waals surface area contributed by atoms with Gasteiger partial charge in [-0.15, -0.1) is 0 Å². The number of aliphatic hydroxyl groups excluding tert-OH is 1. The van der Waals surface area contributed by atoms with E-state index in [1.54, 1.807) is 0 Å². The number of nitrogens with one attached hydrogen (secondary N) is 1. The molecule has 0 atom stereocenters. The molecule has 1 heterocycles. The van der Waals surface area contributed by atoms with Crippen molar-refractivity contribution in [1.82, 2.24) is 4.90 Å². The van der Waals surface area contributed by atoms with Gasteiger partial charge < -0.3 is 10.4 Å². The Morgan fingerprint density at radius 1 is 1.25 bits per heavy atom. The molecule has 1 aliphatic rings. The van der Waals surface area contributed by atoms with Crippen molar-refractivity contribution >= 4 is 40.7 Å². The Kier molecular flexibility index (Phi) is 4.27. The summed E-state index contributed by atoms with van der Waals surface area (Å²) in [4.78, 5) is 24.3. The molecule has 0 spiro atoms. The fourth-order valence-electron chi connectivity index (χ4n) is 1.68. The van der Waals surface area contributed by atoms with Gasteiger partial charge in [-0.05, 0) is 12.1 Å². The van der Waals surface area contributed by atoms with E-state index in [-0.39, 0.29) is 34.6 Å². The number of anilines is 1. The van der Waals surface area contributed by atoms with Gasteiger partial charge in [0.25, 0.3) is 11.8 Å². The Hall–Kier alpha value is -1.63. The molecule has 1 aliphatic heterocycles. The Balaban J connectivity index is 2.24. The topological polar surface area (TPSA) is 69.6 Å². The monoisotopic (exact) mass is 318 g/mol. The summed E-state index contributed by atoms with van der Waals surface area (Å²) in [6.07, 6.45) is 1.07. The number of rotatable bonds is 4. The van der Waals surface area contributed by atoms with E-state index >= 15 is 0 Å². The first-order chi connectivity index (χ1) is 9.45. The third-order valence-electron chi connectivity index (χ3n) is 2.64. The van der Waals surface area contributed by atoms with Gasteiger partial charge in [0, 0.05) is 6.08 Å². The minimum Gasteiger partial charge on any atom is -0.395 e. The van der Waals surface area contributed by atoms with Crippen molar-refractivity contribution in [3.63, 3.8) is 0 Å². The first-order valence-electron chi connectivity index (χ1n) is 5.54. The molecule has 106 valence electrons. The summed E-state index contributed by atoms with van der Waals surface area (Å²) >= 11 is 11.5. The molecule has 1 aromatic carbocycles. The largest absolute Gasteiger partial charge is 0.395 e. The molecule has 2 rings (SSSR count). The van der Waals surface area contributed by atoms with E-state index in [4.69, 9.17) is 28.3 Å². The molecule has 8 heteroatoms. The van der Waals surface area contributed by atoms with E-state index in [2.05, 4.69) is 5.32 Å². The molecule has 0 saturated heterocycles. The van der Waals surface area contributed by atoms with Gasteiger partial charge in [-0.2, -0.15) is 0 Å². The van der Waals surface area contributed by atoms with Gasteiger partial charge in [-0.3, -0.25) is 14.5 Å². The van der Waals surface area contributed by atoms with Gasteiger partial charge in [-0.25, -0.2) is 4.39 Å². The van der Waals surface area contributed by atoms with Gasteiger partial charge in [-0.1, -0.05) is 23.2 Å². The van der Waals surface area contributed by atoms with Crippen molar-refractivity contribution in [1.29, 1.82) is 0 Å². The maximum atomic E-state index is 13.2. The van der Waals surface area contributed by atoms with E-state index in [1.807, 2.05) is 0 Å². The third kappa shape index (κ3) is 2.63. The third-order valence-corrected chi connectivity index (χ3v) is 3.50. The Morgan fingerprint density at radius 2 is 1.95 bits per heavy atom. The highest BCUT2D eigenvalue weighted by Crippen LogP contribution is 2.33. The van der Waals surface area contributed by atoms with Gasteiger partial charge in [0.2, 0.25) is 0 Å². The predicted molar refractivity (Wildman–Crippen MR) is 71.9 cm³/mol. The highest BCUT2D eigenvalue weighted by atomic mass is 35.5. The normalized spacial score (nSPS) is 14.8. The summed E-state index contributed by atoms with van der Waals surface area (Å²) in [5.74, 6) is -1.83. The molecule has 5 nitrogen and oxygen atoms in total. The molecular formula is C12H9Cl2FN2O3. The van der Waals surface area contributed by atoms with Crippen molar-refractivity contribution in [2.45, 2.75) is 0 Å². The minimum absolute atomic E-state index is 0.0203. The second-order valence-electron chi connectivity index (χ2n) is 3.92. The lowest BCUT2D eigenvalue weighted by molar-refractivity contribution is -0.137. The SMILES string of the molecule is O=C1C=C(Nc2ccc(F)c(Cl)c2Cl)C(=O)N1CCO. The van der Waals surface area contributed by atoms with Gasteiger partial charge in [0.1, 0.15) is 11.5 Å². The summed E-state index contributed by atoms with van der Waals surface area (Å²) in [5, 5.41) is 11.0. The van der Waals surface area contributed by atoms with Crippen molar-refractivity contribution in [3.05, 3.63) is 39.8 Å². The van der Waals surface area contributed by atoms with Crippen molar-refractivity contribution in [2.75, 3.05) is 18.5 Å². The number of hydrogen-bond acceptors (Lipinski definition) is 4. The number of carbonyl (C=O) groups is 2. The molecule has 0 fully saturated rings. The van der Waals surface area contributed by atoms with Crippen LogP contribution in [0.4, 0.5) is 10.1 Å². The standard InChI is InChI=1S/C12H9Cl2FN2O3/c13-10-6(15)1-2-7(11(10)14)16-8-5-9(19)17(3-4-18)12(8)20/h1-2,5,16,18H,3-4H2. The van der Waals surface area contributed by atoms with Crippen LogP contribution >= 0.6 is 23.2 Å². The molecule has 0 radical (unpaired) electrons. The number of nitrogens with zero attached hydrogens (tertiary/aromatic N) is 1. The number of benzene rings is 1. The fraction of sp³-hybridized carbons (Fsp3) is 0.167. The van der Waals surface area contributed by atoms with Gasteiger partial charge in [0.15, 0.2) is 0 Å². The Morgan fingerprint density at radius 3 is 2.60 bits per heavy atom. The zero-order valence-electron chi connectivity index (χ0n) is 9.99. The molecular weight excluding hydrogens is 310 g/mol. The van der Waals surface area contributed by atoms with Crippen LogP contribution in [-0.4, -0.2) is 35.0 Å². The second-order valence-corrected chi connectivity index (χ2v) is 4.68. The summed E-state index contributed by atoms with van der Waals surface area (Å²) in [6.45, 7) is -0.432. The molecule has 0 saturated carbocycles. The number of amides is 2. The smallest absolute Gasteiger partial charge is 0.277 e. The zero-order valence-corrected chi connectivity index (χ0v) is 11.5. The average molecular weight is 319 g/mol. The van der Waals surface area contributed by atoms with E-state index in [1.165, 1.54) is 6.07 Å². The second kappa shape index (κ2) is 5.78. The van der Waals surface area contributed by atoms with Crippen LogP contribution < -0.4 is 5.32 Å². The molecule has 0 aliphatic carbocycles. The van der Waals surface area contributed by atoms with Gasteiger partial charge in [0.05, 0.1) is 28.9 Å². The molecule has 1 aromatic rings. The van der Waals surface area contributed by atoms with E-state index < -0.39 is 17.6 Å². The Labute approximate surface area is 123 Å². The van der Waals surface area contributed by atoms with Crippen LogP contribution in [0.3, 0.4) is 0 Å². The lowest BCUT2D eigenvalue weighted by atomic mass is 10.3. The summed E-state index contributed by atoms with van der Waals surface area (Å²) in [6, 6.07) is 2.39. The van der Waals surface area contributed by atoms with Crippen LogP contribution in [0.2, 0.25) is 10.0 Å². The van der Waals surface area contributed by atoms with Gasteiger partial charge >= 0.3 is 0 Å². The number of imide groups is 1. The minimum atomic E-state index is -0.688. The molecule has 0 aromatic heterocycles. The first-order valence-corrected chi connectivity index (χ1v) is 6.30. The van der Waals surface area contributed by atoms with Crippen molar-refractivity contribution in [3.8, 4) is 0 Å².